The fourth-order valence-electron chi connectivity index (χ4n) is 3.05. The van der Waals surface area contributed by atoms with Gasteiger partial charge in [-0.1, -0.05) is 35.9 Å². The zero-order chi connectivity index (χ0) is 22.1. The zero-order valence-electron chi connectivity index (χ0n) is 16.2. The highest BCUT2D eigenvalue weighted by atomic mass is 35.5. The van der Waals surface area contributed by atoms with Crippen molar-refractivity contribution in [1.29, 1.82) is 10.5 Å². The third-order valence-corrected chi connectivity index (χ3v) is 6.77. The lowest BCUT2D eigenvalue weighted by Crippen LogP contribution is -2.22. The van der Waals surface area contributed by atoms with Crippen LogP contribution in [0.25, 0.3) is 22.3 Å². The molecule has 0 amide bonds. The zero-order valence-corrected chi connectivity index (χ0v) is 17.8. The molecule has 0 atom stereocenters. The van der Waals surface area contributed by atoms with Crippen molar-refractivity contribution in [3.8, 4) is 34.4 Å². The van der Waals surface area contributed by atoms with Crippen molar-refractivity contribution < 1.29 is 8.42 Å². The van der Waals surface area contributed by atoms with E-state index in [0.29, 0.717) is 21.7 Å². The number of anilines is 1. The van der Waals surface area contributed by atoms with E-state index in [1.807, 2.05) is 0 Å². The second kappa shape index (κ2) is 8.17. The van der Waals surface area contributed by atoms with Crippen LogP contribution in [-0.2, 0) is 10.0 Å². The molecule has 0 aliphatic carbocycles. The summed E-state index contributed by atoms with van der Waals surface area (Å²) in [5, 5.41) is 19.9. The Morgan fingerprint density at radius 2 is 1.30 bits per heavy atom. The van der Waals surface area contributed by atoms with E-state index in [-0.39, 0.29) is 21.7 Å². The van der Waals surface area contributed by atoms with E-state index in [1.165, 1.54) is 26.2 Å². The summed E-state index contributed by atoms with van der Waals surface area (Å²) < 4.78 is 25.8. The highest BCUT2D eigenvalue weighted by molar-refractivity contribution is 7.89. The van der Waals surface area contributed by atoms with Gasteiger partial charge in [-0.05, 0) is 41.5 Å². The quantitative estimate of drug-likeness (QED) is 0.614. The minimum absolute atomic E-state index is 0.0763. The Balaban J connectivity index is 2.24. The van der Waals surface area contributed by atoms with Crippen molar-refractivity contribution in [3.63, 3.8) is 0 Å². The summed E-state index contributed by atoms with van der Waals surface area (Å²) in [5.41, 5.74) is 9.01. The molecule has 0 saturated heterocycles. The van der Waals surface area contributed by atoms with Gasteiger partial charge in [-0.3, -0.25) is 0 Å². The molecule has 0 heterocycles. The summed E-state index contributed by atoms with van der Waals surface area (Å²) in [6.07, 6.45) is 0. The fourth-order valence-corrected chi connectivity index (χ4v) is 4.07. The highest BCUT2D eigenvalue weighted by Gasteiger charge is 2.20. The van der Waals surface area contributed by atoms with E-state index in [4.69, 9.17) is 17.3 Å². The van der Waals surface area contributed by atoms with Crippen LogP contribution in [0.2, 0.25) is 5.02 Å². The topological polar surface area (TPSA) is 111 Å². The normalized spacial score (nSPS) is 11.1. The Labute approximate surface area is 180 Å². The first-order valence-electron chi connectivity index (χ1n) is 8.76. The number of benzene rings is 3. The first-order chi connectivity index (χ1) is 14.2. The molecule has 0 fully saturated rings. The first kappa shape index (κ1) is 21.4. The van der Waals surface area contributed by atoms with Gasteiger partial charge in [0.2, 0.25) is 10.0 Å². The van der Waals surface area contributed by atoms with E-state index >= 15 is 0 Å². The molecular weight excluding hydrogens is 420 g/mol. The number of hydrogen-bond acceptors (Lipinski definition) is 5. The van der Waals surface area contributed by atoms with E-state index in [9.17, 15) is 18.9 Å². The fraction of sp³-hybridized carbons (Fsp3) is 0.0909. The average Bonchev–Trinajstić information content (AvgIpc) is 2.73. The van der Waals surface area contributed by atoms with Crippen LogP contribution in [0.1, 0.15) is 11.1 Å². The number of rotatable bonds is 4. The summed E-state index contributed by atoms with van der Waals surface area (Å²) >= 11 is 5.97. The third kappa shape index (κ3) is 3.74. The van der Waals surface area contributed by atoms with E-state index in [0.717, 1.165) is 9.87 Å². The summed E-state index contributed by atoms with van der Waals surface area (Å²) in [6, 6.07) is 19.0. The predicted molar refractivity (Wildman–Crippen MR) is 117 cm³/mol. The Kier molecular flexibility index (Phi) is 5.82. The summed E-state index contributed by atoms with van der Waals surface area (Å²) in [6.45, 7) is 0. The third-order valence-electron chi connectivity index (χ3n) is 4.69. The molecule has 0 radical (unpaired) electrons. The Morgan fingerprint density at radius 1 is 0.867 bits per heavy atom. The minimum atomic E-state index is -3.58. The van der Waals surface area contributed by atoms with Crippen LogP contribution in [0, 0.1) is 22.7 Å². The Hall–Kier alpha value is -3.36. The molecule has 2 N–H and O–H groups in total. The van der Waals surface area contributed by atoms with Crippen LogP contribution < -0.4 is 5.73 Å². The maximum absolute atomic E-state index is 12.3. The lowest BCUT2D eigenvalue weighted by molar-refractivity contribution is 0.521. The molecule has 8 heteroatoms. The van der Waals surface area contributed by atoms with Crippen LogP contribution >= 0.6 is 11.6 Å². The lowest BCUT2D eigenvalue weighted by Gasteiger charge is -2.15. The maximum atomic E-state index is 12.3. The molecular formula is C22H17ClN4O2S. The molecule has 3 aromatic carbocycles. The molecule has 0 aromatic heterocycles. The van der Waals surface area contributed by atoms with Crippen molar-refractivity contribution in [1.82, 2.24) is 4.31 Å². The Morgan fingerprint density at radius 3 is 1.70 bits per heavy atom. The SMILES string of the molecule is CN(C)S(=O)(=O)c1ccc(-c2cc(-c3ccc(Cl)cc3)c(C#N)c(N)c2C#N)cc1. The van der Waals surface area contributed by atoms with Gasteiger partial charge in [0.15, 0.2) is 0 Å². The van der Waals surface area contributed by atoms with Gasteiger partial charge in [0.05, 0.1) is 21.7 Å². The molecule has 3 rings (SSSR count). The number of nitrogens with two attached hydrogens (primary N) is 1. The maximum Gasteiger partial charge on any atom is 0.242 e. The van der Waals surface area contributed by atoms with Gasteiger partial charge in [-0.2, -0.15) is 10.5 Å². The number of nitriles is 2. The summed E-state index contributed by atoms with van der Waals surface area (Å²) in [4.78, 5) is 0.134. The number of hydrogen-bond donors (Lipinski definition) is 1. The average molecular weight is 437 g/mol. The molecule has 150 valence electrons. The van der Waals surface area contributed by atoms with E-state index in [2.05, 4.69) is 12.1 Å². The van der Waals surface area contributed by atoms with Crippen molar-refractivity contribution in [2.75, 3.05) is 19.8 Å². The number of halogens is 1. The van der Waals surface area contributed by atoms with Crippen molar-refractivity contribution in [2.45, 2.75) is 4.90 Å². The van der Waals surface area contributed by atoms with Crippen LogP contribution in [0.4, 0.5) is 5.69 Å². The highest BCUT2D eigenvalue weighted by Crippen LogP contribution is 2.37. The van der Waals surface area contributed by atoms with E-state index < -0.39 is 10.0 Å². The second-order valence-corrected chi connectivity index (χ2v) is 9.27. The van der Waals surface area contributed by atoms with E-state index in [1.54, 1.807) is 42.5 Å². The van der Waals surface area contributed by atoms with Crippen molar-refractivity contribution >= 4 is 27.3 Å². The number of sulfonamides is 1. The van der Waals surface area contributed by atoms with Crippen molar-refractivity contribution in [3.05, 3.63) is 70.7 Å². The minimum Gasteiger partial charge on any atom is -0.397 e. The Bertz CT molecular complexity index is 1300. The summed E-state index contributed by atoms with van der Waals surface area (Å²) in [5.74, 6) is 0. The first-order valence-corrected chi connectivity index (χ1v) is 10.6. The summed E-state index contributed by atoms with van der Waals surface area (Å²) in [7, 11) is -0.667. The van der Waals surface area contributed by atoms with Crippen LogP contribution in [-0.4, -0.2) is 26.8 Å². The second-order valence-electron chi connectivity index (χ2n) is 6.68. The molecule has 3 aromatic rings. The van der Waals surface area contributed by atoms with Gasteiger partial charge >= 0.3 is 0 Å². The monoisotopic (exact) mass is 436 g/mol. The standard InChI is InChI=1S/C22H17ClN4O2S/c1-27(2)30(28,29)17-9-5-15(6-10-17)19-11-18(14-3-7-16(23)8-4-14)20(12-24)22(26)21(19)13-25/h3-11H,26H2,1-2H3. The number of nitrogen functional groups attached to an aromatic ring is 1. The molecule has 0 aliphatic heterocycles. The van der Waals surface area contributed by atoms with Crippen LogP contribution in [0.15, 0.2) is 59.5 Å². The molecule has 0 saturated carbocycles. The largest absolute Gasteiger partial charge is 0.397 e. The molecule has 6 nitrogen and oxygen atoms in total. The lowest BCUT2D eigenvalue weighted by atomic mass is 9.89. The molecule has 0 unspecified atom stereocenters. The van der Waals surface area contributed by atoms with Gasteiger partial charge in [-0.15, -0.1) is 0 Å². The van der Waals surface area contributed by atoms with Gasteiger partial charge in [-0.25, -0.2) is 12.7 Å². The predicted octanol–water partition coefficient (Wildman–Crippen LogP) is 4.25. The van der Waals surface area contributed by atoms with Gasteiger partial charge in [0, 0.05) is 30.2 Å². The number of nitrogens with zero attached hydrogens (tertiary/aromatic N) is 3. The molecule has 0 spiro atoms. The molecule has 0 aliphatic rings. The molecule has 0 bridgehead atoms. The van der Waals surface area contributed by atoms with Crippen LogP contribution in [0.3, 0.4) is 0 Å². The van der Waals surface area contributed by atoms with Crippen molar-refractivity contribution in [2.24, 2.45) is 0 Å². The smallest absolute Gasteiger partial charge is 0.242 e. The molecule has 30 heavy (non-hydrogen) atoms. The van der Waals surface area contributed by atoms with Gasteiger partial charge in [0.25, 0.3) is 0 Å². The van der Waals surface area contributed by atoms with Crippen LogP contribution in [0.5, 0.6) is 0 Å². The van der Waals surface area contributed by atoms with Gasteiger partial charge in [0.1, 0.15) is 12.1 Å². The van der Waals surface area contributed by atoms with Gasteiger partial charge < -0.3 is 5.73 Å².